The molecule has 2 N–H and O–H groups in total. The van der Waals surface area contributed by atoms with E-state index in [4.69, 9.17) is 0 Å². The maximum Gasteiger partial charge on any atom is 0.0650 e. The number of aromatic amines is 2. The largest absolute Gasteiger partial charge is 0.361 e. The predicted molar refractivity (Wildman–Crippen MR) is 55.9 cm³/mol. The highest BCUT2D eigenvalue weighted by Gasteiger charge is 2.00. The Kier molecular flexibility index (Phi) is 1.44. The van der Waals surface area contributed by atoms with Crippen LogP contribution in [0, 0.1) is 0 Å². The van der Waals surface area contributed by atoms with Crippen molar-refractivity contribution in [1.29, 1.82) is 0 Å². The molecule has 0 saturated heterocycles. The molecule has 14 heavy (non-hydrogen) atoms. The first-order valence-electron chi connectivity index (χ1n) is 4.50. The Morgan fingerprint density at radius 2 is 2.14 bits per heavy atom. The Morgan fingerprint density at radius 1 is 1.14 bits per heavy atom. The zero-order valence-electron chi connectivity index (χ0n) is 7.49. The van der Waals surface area contributed by atoms with Gasteiger partial charge in [-0.2, -0.15) is 5.10 Å². The lowest BCUT2D eigenvalue weighted by Crippen LogP contribution is -1.76. The van der Waals surface area contributed by atoms with E-state index >= 15 is 0 Å². The van der Waals surface area contributed by atoms with E-state index in [0.717, 1.165) is 16.6 Å². The summed E-state index contributed by atoms with van der Waals surface area (Å²) in [6.07, 6.45) is 3.76. The van der Waals surface area contributed by atoms with E-state index < -0.39 is 0 Å². The minimum absolute atomic E-state index is 1.07. The quantitative estimate of drug-likeness (QED) is 0.598. The Hall–Kier alpha value is -2.03. The molecule has 3 heteroatoms. The van der Waals surface area contributed by atoms with Crippen molar-refractivity contribution in [2.45, 2.75) is 0 Å². The third kappa shape index (κ3) is 1.03. The van der Waals surface area contributed by atoms with E-state index in [1.807, 2.05) is 24.5 Å². The molecular formula is C11H9N3. The van der Waals surface area contributed by atoms with E-state index in [1.54, 1.807) is 0 Å². The zero-order valence-corrected chi connectivity index (χ0v) is 7.49. The lowest BCUT2D eigenvalue weighted by Gasteiger charge is -1.97. The Morgan fingerprint density at radius 3 is 3.00 bits per heavy atom. The van der Waals surface area contributed by atoms with E-state index in [0.29, 0.717) is 0 Å². The molecule has 0 spiro atoms. The van der Waals surface area contributed by atoms with Crippen molar-refractivity contribution in [2.24, 2.45) is 0 Å². The van der Waals surface area contributed by atoms with Crippen LogP contribution in [0.2, 0.25) is 0 Å². The van der Waals surface area contributed by atoms with E-state index in [1.165, 1.54) is 5.56 Å². The average molecular weight is 183 g/mol. The molecule has 0 fully saturated rings. The topological polar surface area (TPSA) is 44.5 Å². The fraction of sp³-hybridized carbons (Fsp3) is 0. The van der Waals surface area contributed by atoms with E-state index in [-0.39, 0.29) is 0 Å². The van der Waals surface area contributed by atoms with Gasteiger partial charge in [-0.3, -0.25) is 5.10 Å². The molecule has 0 radical (unpaired) electrons. The summed E-state index contributed by atoms with van der Waals surface area (Å²) in [5.74, 6) is 0. The molecule has 0 aliphatic heterocycles. The fourth-order valence-electron chi connectivity index (χ4n) is 1.62. The number of nitrogens with zero attached hydrogens (tertiary/aromatic N) is 1. The van der Waals surface area contributed by atoms with E-state index in [9.17, 15) is 0 Å². The third-order valence-electron chi connectivity index (χ3n) is 2.35. The summed E-state index contributed by atoms with van der Waals surface area (Å²) in [6.45, 7) is 0. The van der Waals surface area contributed by atoms with Crippen molar-refractivity contribution in [3.63, 3.8) is 0 Å². The van der Waals surface area contributed by atoms with Crippen molar-refractivity contribution in [3.8, 4) is 11.3 Å². The van der Waals surface area contributed by atoms with Crippen LogP contribution in [0.4, 0.5) is 0 Å². The normalized spacial score (nSPS) is 10.9. The van der Waals surface area contributed by atoms with Gasteiger partial charge in [0.1, 0.15) is 0 Å². The van der Waals surface area contributed by atoms with Crippen LogP contribution < -0.4 is 0 Å². The lowest BCUT2D eigenvalue weighted by atomic mass is 10.1. The predicted octanol–water partition coefficient (Wildman–Crippen LogP) is 2.56. The molecule has 0 aliphatic rings. The van der Waals surface area contributed by atoms with Crippen LogP contribution in [0.15, 0.2) is 42.7 Å². The highest BCUT2D eigenvalue weighted by atomic mass is 15.1. The van der Waals surface area contributed by atoms with Crippen molar-refractivity contribution in [1.82, 2.24) is 15.2 Å². The van der Waals surface area contributed by atoms with Gasteiger partial charge in [-0.25, -0.2) is 0 Å². The number of benzene rings is 1. The van der Waals surface area contributed by atoms with Crippen molar-refractivity contribution >= 4 is 10.9 Å². The fourth-order valence-corrected chi connectivity index (χ4v) is 1.62. The molecule has 68 valence electrons. The molecule has 3 rings (SSSR count). The minimum atomic E-state index is 1.07. The monoisotopic (exact) mass is 183 g/mol. The molecule has 0 amide bonds. The second-order valence-corrected chi connectivity index (χ2v) is 3.26. The smallest absolute Gasteiger partial charge is 0.0650 e. The molecule has 0 saturated carbocycles. The third-order valence-corrected chi connectivity index (χ3v) is 2.35. The van der Waals surface area contributed by atoms with Gasteiger partial charge in [-0.05, 0) is 29.8 Å². The number of hydrogen-bond acceptors (Lipinski definition) is 1. The number of fused-ring (bicyclic) bond motifs is 1. The second-order valence-electron chi connectivity index (χ2n) is 3.26. The Bertz CT molecular complexity index is 549. The number of H-pyrrole nitrogens is 2. The lowest BCUT2D eigenvalue weighted by molar-refractivity contribution is 1.12. The number of aromatic nitrogens is 3. The molecular weight excluding hydrogens is 174 g/mol. The first kappa shape index (κ1) is 7.38. The van der Waals surface area contributed by atoms with Crippen molar-refractivity contribution < 1.29 is 0 Å². The summed E-state index contributed by atoms with van der Waals surface area (Å²) < 4.78 is 0. The first-order valence-corrected chi connectivity index (χ1v) is 4.50. The molecule has 1 aromatic carbocycles. The highest BCUT2D eigenvalue weighted by Crippen LogP contribution is 2.21. The summed E-state index contributed by atoms with van der Waals surface area (Å²) in [5, 5.41) is 8.06. The highest BCUT2D eigenvalue weighted by molar-refractivity contribution is 5.83. The molecule has 3 aromatic rings. The zero-order chi connectivity index (χ0) is 9.38. The number of hydrogen-bond donors (Lipinski definition) is 2. The van der Waals surface area contributed by atoms with Gasteiger partial charge in [-0.1, -0.05) is 6.07 Å². The second kappa shape index (κ2) is 2.73. The Balaban J connectivity index is 2.23. The Labute approximate surface area is 80.8 Å². The maximum absolute atomic E-state index is 3.99. The van der Waals surface area contributed by atoms with Crippen LogP contribution in [0.1, 0.15) is 0 Å². The minimum Gasteiger partial charge on any atom is -0.361 e. The van der Waals surface area contributed by atoms with Crippen LogP contribution in [-0.4, -0.2) is 15.2 Å². The summed E-state index contributed by atoms with van der Waals surface area (Å²) in [6, 6.07) is 10.3. The van der Waals surface area contributed by atoms with Crippen molar-refractivity contribution in [2.75, 3.05) is 0 Å². The molecule has 0 unspecified atom stereocenters. The maximum atomic E-state index is 3.99. The number of rotatable bonds is 1. The van der Waals surface area contributed by atoms with Gasteiger partial charge in [-0.15, -0.1) is 0 Å². The molecule has 2 heterocycles. The average Bonchev–Trinajstić information content (AvgIpc) is 2.88. The molecule has 0 bridgehead atoms. The van der Waals surface area contributed by atoms with Crippen LogP contribution >= 0.6 is 0 Å². The first-order chi connectivity index (χ1) is 6.93. The van der Waals surface area contributed by atoms with Gasteiger partial charge in [0.2, 0.25) is 0 Å². The summed E-state index contributed by atoms with van der Waals surface area (Å²) in [5.41, 5.74) is 3.39. The van der Waals surface area contributed by atoms with Crippen LogP contribution in [0.3, 0.4) is 0 Å². The SMILES string of the molecule is c1c[nH]c(-c2ccc3[nH]ncc3c2)c1. The molecule has 3 nitrogen and oxygen atoms in total. The van der Waals surface area contributed by atoms with Gasteiger partial charge in [0.25, 0.3) is 0 Å². The van der Waals surface area contributed by atoms with Crippen molar-refractivity contribution in [3.05, 3.63) is 42.7 Å². The van der Waals surface area contributed by atoms with E-state index in [2.05, 4.69) is 33.4 Å². The summed E-state index contributed by atoms with van der Waals surface area (Å²) in [4.78, 5) is 3.18. The van der Waals surface area contributed by atoms with Gasteiger partial charge in [0.15, 0.2) is 0 Å². The van der Waals surface area contributed by atoms with Crippen LogP contribution in [-0.2, 0) is 0 Å². The van der Waals surface area contributed by atoms with Crippen LogP contribution in [0.25, 0.3) is 22.2 Å². The van der Waals surface area contributed by atoms with Gasteiger partial charge >= 0.3 is 0 Å². The summed E-state index contributed by atoms with van der Waals surface area (Å²) >= 11 is 0. The van der Waals surface area contributed by atoms with Gasteiger partial charge < -0.3 is 4.98 Å². The van der Waals surface area contributed by atoms with Gasteiger partial charge in [0.05, 0.1) is 11.7 Å². The summed E-state index contributed by atoms with van der Waals surface area (Å²) in [7, 11) is 0. The molecule has 2 aromatic heterocycles. The van der Waals surface area contributed by atoms with Gasteiger partial charge in [0, 0.05) is 17.3 Å². The number of nitrogens with one attached hydrogen (secondary N) is 2. The molecule has 0 atom stereocenters. The molecule has 0 aliphatic carbocycles. The standard InChI is InChI=1S/C11H9N3/c1-2-10(12-5-1)8-3-4-11-9(6-8)7-13-14-11/h1-7,12H,(H,13,14). The van der Waals surface area contributed by atoms with Crippen LogP contribution in [0.5, 0.6) is 0 Å².